The summed E-state index contributed by atoms with van der Waals surface area (Å²) in [7, 11) is 0. The molecule has 0 aromatic carbocycles. The van der Waals surface area contributed by atoms with Crippen molar-refractivity contribution in [1.29, 1.82) is 0 Å². The minimum Gasteiger partial charge on any atom is -0.342 e. The van der Waals surface area contributed by atoms with Gasteiger partial charge in [-0.15, -0.1) is 0 Å². The summed E-state index contributed by atoms with van der Waals surface area (Å²) in [4.78, 5) is 31.7. The van der Waals surface area contributed by atoms with Gasteiger partial charge in [0.2, 0.25) is 11.8 Å². The number of amides is 2. The van der Waals surface area contributed by atoms with Crippen molar-refractivity contribution in [3.8, 4) is 0 Å². The Labute approximate surface area is 164 Å². The number of nitrogens with two attached hydrogens (primary N) is 1. The molecule has 154 valence electrons. The van der Waals surface area contributed by atoms with E-state index in [0.717, 1.165) is 58.5 Å². The molecule has 2 saturated carbocycles. The van der Waals surface area contributed by atoms with Crippen molar-refractivity contribution >= 4 is 11.8 Å². The van der Waals surface area contributed by atoms with Gasteiger partial charge in [-0.25, -0.2) is 0 Å². The van der Waals surface area contributed by atoms with E-state index in [4.69, 9.17) is 5.73 Å². The third-order valence-electron chi connectivity index (χ3n) is 7.14. The maximum absolute atomic E-state index is 13.2. The molecule has 27 heavy (non-hydrogen) atoms. The van der Waals surface area contributed by atoms with Crippen molar-refractivity contribution in [3.05, 3.63) is 0 Å². The molecule has 3 fully saturated rings. The van der Waals surface area contributed by atoms with Crippen LogP contribution in [-0.4, -0.2) is 78.4 Å². The molecule has 3 aliphatic rings. The number of carbonyl (C=O) groups excluding carboxylic acids is 2. The topological polar surface area (TPSA) is 69.9 Å². The number of carbonyl (C=O) groups is 2. The van der Waals surface area contributed by atoms with Crippen molar-refractivity contribution in [2.45, 2.75) is 58.4 Å². The van der Waals surface area contributed by atoms with Crippen LogP contribution in [0.4, 0.5) is 0 Å². The Morgan fingerprint density at radius 1 is 0.963 bits per heavy atom. The zero-order valence-electron chi connectivity index (χ0n) is 17.2. The lowest BCUT2D eigenvalue weighted by Crippen LogP contribution is -2.50. The molecule has 1 heterocycles. The van der Waals surface area contributed by atoms with Gasteiger partial charge in [0.25, 0.3) is 0 Å². The van der Waals surface area contributed by atoms with E-state index in [2.05, 4.69) is 9.80 Å². The third kappa shape index (κ3) is 4.83. The molecule has 2 amide bonds. The minimum atomic E-state index is 0.170. The molecule has 6 heteroatoms. The average molecular weight is 379 g/mol. The van der Waals surface area contributed by atoms with Gasteiger partial charge in [-0.3, -0.25) is 14.5 Å². The van der Waals surface area contributed by atoms with Crippen molar-refractivity contribution < 1.29 is 9.59 Å². The van der Waals surface area contributed by atoms with Gasteiger partial charge in [-0.2, -0.15) is 0 Å². The number of fused-ring (bicyclic) bond motifs is 2. The Hall–Kier alpha value is -1.14. The number of nitrogens with zero attached hydrogens (tertiary/aromatic N) is 3. The summed E-state index contributed by atoms with van der Waals surface area (Å²) in [5, 5.41) is 0. The second kappa shape index (κ2) is 9.37. The summed E-state index contributed by atoms with van der Waals surface area (Å²) >= 11 is 0. The Balaban J connectivity index is 1.52. The number of hydrogen-bond donors (Lipinski definition) is 1. The number of likely N-dealkylation sites (N-methyl/N-ethyl adjacent to an activating group) is 1. The molecule has 2 bridgehead atoms. The molecule has 1 saturated heterocycles. The molecule has 6 nitrogen and oxygen atoms in total. The van der Waals surface area contributed by atoms with E-state index < -0.39 is 0 Å². The molecule has 2 unspecified atom stereocenters. The lowest BCUT2D eigenvalue weighted by atomic mass is 9.65. The fourth-order valence-corrected chi connectivity index (χ4v) is 5.47. The fraction of sp³-hybridized carbons (Fsp3) is 0.905. The van der Waals surface area contributed by atoms with Crippen molar-refractivity contribution in [2.75, 3.05) is 45.8 Å². The monoisotopic (exact) mass is 378 g/mol. The molecule has 2 atom stereocenters. The second-order valence-corrected chi connectivity index (χ2v) is 8.72. The largest absolute Gasteiger partial charge is 0.342 e. The Morgan fingerprint density at radius 3 is 2.26 bits per heavy atom. The predicted octanol–water partition coefficient (Wildman–Crippen LogP) is 1.54. The molecule has 0 aromatic heterocycles. The van der Waals surface area contributed by atoms with Gasteiger partial charge >= 0.3 is 0 Å². The highest BCUT2D eigenvalue weighted by Gasteiger charge is 2.41. The maximum atomic E-state index is 13.2. The van der Waals surface area contributed by atoms with Crippen LogP contribution in [-0.2, 0) is 9.59 Å². The van der Waals surface area contributed by atoms with Gasteiger partial charge in [0.05, 0.1) is 6.54 Å². The molecular weight excluding hydrogens is 340 g/mol. The van der Waals surface area contributed by atoms with Gasteiger partial charge < -0.3 is 15.5 Å². The summed E-state index contributed by atoms with van der Waals surface area (Å²) in [6, 6.07) is 0.313. The summed E-state index contributed by atoms with van der Waals surface area (Å²) in [5.74, 6) is 1.80. The lowest BCUT2D eigenvalue weighted by Gasteiger charge is -2.44. The molecular formula is C21H38N4O2. The smallest absolute Gasteiger partial charge is 0.236 e. The maximum Gasteiger partial charge on any atom is 0.236 e. The van der Waals surface area contributed by atoms with Crippen LogP contribution < -0.4 is 5.73 Å². The molecule has 1 aliphatic heterocycles. The van der Waals surface area contributed by atoms with E-state index in [9.17, 15) is 9.59 Å². The van der Waals surface area contributed by atoms with Crippen LogP contribution in [0, 0.1) is 17.8 Å². The van der Waals surface area contributed by atoms with E-state index in [0.29, 0.717) is 30.3 Å². The number of rotatable bonds is 5. The standard InChI is InChI=1S/C21H38N4O2/c1-3-24(4-2)19(26)15-23-9-6-10-25(12-11-23)21(27)18-13-16-7-5-8-17(14-18)20(16)22/h16-18,20H,3-15,22H2,1-2H3. The summed E-state index contributed by atoms with van der Waals surface area (Å²) in [6.07, 6.45) is 6.60. The van der Waals surface area contributed by atoms with E-state index >= 15 is 0 Å². The average Bonchev–Trinajstić information content (AvgIpc) is 2.87. The zero-order valence-corrected chi connectivity index (χ0v) is 17.2. The van der Waals surface area contributed by atoms with Crippen molar-refractivity contribution in [1.82, 2.24) is 14.7 Å². The highest BCUT2D eigenvalue weighted by atomic mass is 16.2. The van der Waals surface area contributed by atoms with Crippen LogP contribution in [0.2, 0.25) is 0 Å². The molecule has 3 rings (SSSR count). The van der Waals surface area contributed by atoms with Gasteiger partial charge in [-0.05, 0) is 57.8 Å². The van der Waals surface area contributed by atoms with E-state index in [-0.39, 0.29) is 11.8 Å². The van der Waals surface area contributed by atoms with E-state index in [1.807, 2.05) is 18.7 Å². The third-order valence-corrected chi connectivity index (χ3v) is 7.14. The Morgan fingerprint density at radius 2 is 1.63 bits per heavy atom. The van der Waals surface area contributed by atoms with Crippen LogP contribution >= 0.6 is 0 Å². The second-order valence-electron chi connectivity index (χ2n) is 8.72. The SMILES string of the molecule is CCN(CC)C(=O)CN1CCCN(C(=O)C2CC3CCCC(C2)C3N)CC1. The Bertz CT molecular complexity index is 508. The first-order valence-electron chi connectivity index (χ1n) is 11.1. The zero-order chi connectivity index (χ0) is 19.4. The van der Waals surface area contributed by atoms with Crippen LogP contribution in [0.5, 0.6) is 0 Å². The highest BCUT2D eigenvalue weighted by Crippen LogP contribution is 2.42. The molecule has 0 spiro atoms. The molecule has 2 N–H and O–H groups in total. The first kappa shape index (κ1) is 20.6. The number of hydrogen-bond acceptors (Lipinski definition) is 4. The highest BCUT2D eigenvalue weighted by molar-refractivity contribution is 5.79. The van der Waals surface area contributed by atoms with Gasteiger partial charge in [0, 0.05) is 51.2 Å². The van der Waals surface area contributed by atoms with Gasteiger partial charge in [0.1, 0.15) is 0 Å². The lowest BCUT2D eigenvalue weighted by molar-refractivity contribution is -0.138. The summed E-state index contributed by atoms with van der Waals surface area (Å²) < 4.78 is 0. The molecule has 2 aliphatic carbocycles. The predicted molar refractivity (Wildman–Crippen MR) is 107 cm³/mol. The minimum absolute atomic E-state index is 0.170. The van der Waals surface area contributed by atoms with Crippen molar-refractivity contribution in [2.24, 2.45) is 23.5 Å². The van der Waals surface area contributed by atoms with Crippen LogP contribution in [0.1, 0.15) is 52.4 Å². The first-order chi connectivity index (χ1) is 13.0. The first-order valence-corrected chi connectivity index (χ1v) is 11.1. The molecule has 0 aromatic rings. The molecule has 0 radical (unpaired) electrons. The normalized spacial score (nSPS) is 32.0. The Kier molecular flexibility index (Phi) is 7.15. The quantitative estimate of drug-likeness (QED) is 0.788. The van der Waals surface area contributed by atoms with Gasteiger partial charge in [0.15, 0.2) is 0 Å². The van der Waals surface area contributed by atoms with Crippen LogP contribution in [0.25, 0.3) is 0 Å². The van der Waals surface area contributed by atoms with E-state index in [1.165, 1.54) is 19.3 Å². The van der Waals surface area contributed by atoms with Crippen molar-refractivity contribution in [3.63, 3.8) is 0 Å². The summed E-state index contributed by atoms with van der Waals surface area (Å²) in [5.41, 5.74) is 6.39. The van der Waals surface area contributed by atoms with Crippen LogP contribution in [0.15, 0.2) is 0 Å². The fourth-order valence-electron chi connectivity index (χ4n) is 5.47. The van der Waals surface area contributed by atoms with Crippen LogP contribution in [0.3, 0.4) is 0 Å². The van der Waals surface area contributed by atoms with E-state index in [1.54, 1.807) is 0 Å². The summed E-state index contributed by atoms with van der Waals surface area (Å²) in [6.45, 7) is 9.34. The van der Waals surface area contributed by atoms with Gasteiger partial charge in [-0.1, -0.05) is 6.42 Å².